The summed E-state index contributed by atoms with van der Waals surface area (Å²) in [5.74, 6) is 0.723. The van der Waals surface area contributed by atoms with Gasteiger partial charge in [-0.2, -0.15) is 0 Å². The van der Waals surface area contributed by atoms with Gasteiger partial charge in [0.05, 0.1) is 0 Å². The second-order valence-electron chi connectivity index (χ2n) is 6.75. The number of hydrogen-bond donors (Lipinski definition) is 1. The third-order valence-corrected chi connectivity index (χ3v) is 5.05. The van der Waals surface area contributed by atoms with Crippen LogP contribution in [0.5, 0.6) is 0 Å². The van der Waals surface area contributed by atoms with Gasteiger partial charge in [-0.05, 0) is 43.9 Å². The zero-order valence-electron chi connectivity index (χ0n) is 16.4. The topological polar surface area (TPSA) is 55.8 Å². The first kappa shape index (κ1) is 23.4. The molecule has 0 spiro atoms. The summed E-state index contributed by atoms with van der Waals surface area (Å²) in [5, 5.41) is 8.73. The molecule has 0 rings (SSSR count). The van der Waals surface area contributed by atoms with Crippen LogP contribution in [0, 0.1) is 11.8 Å². The molecule has 0 aromatic carbocycles. The average molecular weight is 345 g/mol. The zero-order valence-corrected chi connectivity index (χ0v) is 16.4. The molecule has 1 N–H and O–H groups in total. The molecule has 0 amide bonds. The predicted octanol–water partition coefficient (Wildman–Crippen LogP) is 5.64. The van der Waals surface area contributed by atoms with Crippen molar-refractivity contribution in [3.8, 4) is 0 Å². The van der Waals surface area contributed by atoms with Gasteiger partial charge in [0.2, 0.25) is 0 Å². The summed E-state index contributed by atoms with van der Waals surface area (Å²) in [6.07, 6.45) is 9.30. The number of unbranched alkanes of at least 4 members (excludes halogenated alkanes) is 1. The molecule has 0 heterocycles. The first-order chi connectivity index (χ1) is 11.6. The Morgan fingerprint density at radius 1 is 0.792 bits per heavy atom. The lowest BCUT2D eigenvalue weighted by molar-refractivity contribution is -0.151. The predicted molar refractivity (Wildman–Crippen MR) is 99.2 cm³/mol. The van der Waals surface area contributed by atoms with Gasteiger partial charge in [-0.1, -0.05) is 53.4 Å². The lowest BCUT2D eigenvalue weighted by Gasteiger charge is -2.21. The summed E-state index contributed by atoms with van der Waals surface area (Å²) in [6, 6.07) is 0. The molecule has 0 aliphatic heterocycles. The molecule has 4 nitrogen and oxygen atoms in total. The van der Waals surface area contributed by atoms with Crippen molar-refractivity contribution >= 4 is 5.97 Å². The monoisotopic (exact) mass is 344 g/mol. The normalized spacial score (nSPS) is 11.8. The van der Waals surface area contributed by atoms with Gasteiger partial charge in [0.25, 0.3) is 0 Å². The Balaban J connectivity index is 4.14. The highest BCUT2D eigenvalue weighted by molar-refractivity contribution is 5.66. The molecule has 0 fully saturated rings. The van der Waals surface area contributed by atoms with Crippen LogP contribution in [-0.2, 0) is 14.3 Å². The number of carboxylic acid groups (broad SMARTS) is 1. The Morgan fingerprint density at radius 3 is 1.62 bits per heavy atom. The van der Waals surface area contributed by atoms with Crippen LogP contribution in [-0.4, -0.2) is 30.6 Å². The lowest BCUT2D eigenvalue weighted by atomic mass is 10.0. The van der Waals surface area contributed by atoms with Crippen LogP contribution in [0.25, 0.3) is 0 Å². The summed E-state index contributed by atoms with van der Waals surface area (Å²) < 4.78 is 11.9. The first-order valence-corrected chi connectivity index (χ1v) is 10.0. The van der Waals surface area contributed by atoms with E-state index >= 15 is 0 Å². The molecule has 0 radical (unpaired) electrons. The molecule has 0 aliphatic carbocycles. The highest BCUT2D eigenvalue weighted by atomic mass is 16.7. The Bertz CT molecular complexity index is 267. The number of hydrogen-bond acceptors (Lipinski definition) is 3. The van der Waals surface area contributed by atoms with Crippen LogP contribution in [0.4, 0.5) is 0 Å². The van der Waals surface area contributed by atoms with Gasteiger partial charge in [-0.25, -0.2) is 0 Å². The third kappa shape index (κ3) is 12.8. The summed E-state index contributed by atoms with van der Waals surface area (Å²) in [5.41, 5.74) is 0. The molecule has 24 heavy (non-hydrogen) atoms. The van der Waals surface area contributed by atoms with Crippen molar-refractivity contribution in [2.75, 3.05) is 13.2 Å². The highest BCUT2D eigenvalue weighted by Gasteiger charge is 2.13. The fourth-order valence-corrected chi connectivity index (χ4v) is 2.93. The standard InChI is InChI=1S/C20H40O4/c1-5-17(6-2)13-15-23-20(12-10-9-11-19(21)22)24-16-14-18(7-3)8-4/h17-18,20H,5-16H2,1-4H3,(H,21,22). The Hall–Kier alpha value is -0.610. The van der Waals surface area contributed by atoms with Gasteiger partial charge in [0.1, 0.15) is 0 Å². The third-order valence-electron chi connectivity index (χ3n) is 5.05. The second kappa shape index (κ2) is 15.9. The summed E-state index contributed by atoms with van der Waals surface area (Å²) in [7, 11) is 0. The second-order valence-corrected chi connectivity index (χ2v) is 6.75. The summed E-state index contributed by atoms with van der Waals surface area (Å²) in [4.78, 5) is 10.6. The van der Waals surface area contributed by atoms with Crippen LogP contribution in [0.1, 0.15) is 91.9 Å². The van der Waals surface area contributed by atoms with Crippen molar-refractivity contribution in [1.82, 2.24) is 0 Å². The van der Waals surface area contributed by atoms with Crippen molar-refractivity contribution in [2.45, 2.75) is 98.2 Å². The molecule has 0 unspecified atom stereocenters. The maximum atomic E-state index is 10.6. The van der Waals surface area contributed by atoms with Crippen molar-refractivity contribution in [3.63, 3.8) is 0 Å². The zero-order chi connectivity index (χ0) is 18.2. The van der Waals surface area contributed by atoms with Gasteiger partial charge in [-0.15, -0.1) is 0 Å². The summed E-state index contributed by atoms with van der Waals surface area (Å²) >= 11 is 0. The molecular weight excluding hydrogens is 304 g/mol. The van der Waals surface area contributed by atoms with Crippen molar-refractivity contribution < 1.29 is 19.4 Å². The van der Waals surface area contributed by atoms with Crippen LogP contribution in [0.3, 0.4) is 0 Å². The largest absolute Gasteiger partial charge is 0.481 e. The van der Waals surface area contributed by atoms with E-state index in [2.05, 4.69) is 27.7 Å². The molecule has 0 aliphatic rings. The Labute approximate surface area is 149 Å². The fraction of sp³-hybridized carbons (Fsp3) is 0.950. The lowest BCUT2D eigenvalue weighted by Crippen LogP contribution is -2.21. The minimum absolute atomic E-state index is 0.178. The molecule has 4 heteroatoms. The van der Waals surface area contributed by atoms with E-state index in [1.165, 1.54) is 25.7 Å². The van der Waals surface area contributed by atoms with Crippen molar-refractivity contribution in [2.24, 2.45) is 11.8 Å². The molecular formula is C20H40O4. The van der Waals surface area contributed by atoms with Gasteiger partial charge in [0, 0.05) is 19.6 Å². The van der Waals surface area contributed by atoms with Crippen molar-refractivity contribution in [1.29, 1.82) is 0 Å². The van der Waals surface area contributed by atoms with E-state index in [-0.39, 0.29) is 12.7 Å². The van der Waals surface area contributed by atoms with Crippen LogP contribution < -0.4 is 0 Å². The van der Waals surface area contributed by atoms with Crippen LogP contribution in [0.2, 0.25) is 0 Å². The minimum atomic E-state index is -0.726. The smallest absolute Gasteiger partial charge is 0.303 e. The molecule has 144 valence electrons. The minimum Gasteiger partial charge on any atom is -0.481 e. The molecule has 0 aromatic rings. The first-order valence-electron chi connectivity index (χ1n) is 10.0. The SMILES string of the molecule is CCC(CC)CCOC(CCCCC(=O)O)OCCC(CC)CC. The van der Waals surface area contributed by atoms with E-state index in [1.807, 2.05) is 0 Å². The van der Waals surface area contributed by atoms with E-state index in [0.717, 1.165) is 50.7 Å². The summed E-state index contributed by atoms with van der Waals surface area (Å²) in [6.45, 7) is 10.4. The van der Waals surface area contributed by atoms with Gasteiger partial charge in [-0.3, -0.25) is 4.79 Å². The maximum absolute atomic E-state index is 10.6. The maximum Gasteiger partial charge on any atom is 0.303 e. The number of carbonyl (C=O) groups is 1. The number of carboxylic acids is 1. The number of ether oxygens (including phenoxy) is 2. The quantitative estimate of drug-likeness (QED) is 0.274. The van der Waals surface area contributed by atoms with Gasteiger partial charge in [0.15, 0.2) is 6.29 Å². The molecule has 0 saturated heterocycles. The molecule has 0 saturated carbocycles. The van der Waals surface area contributed by atoms with E-state index in [0.29, 0.717) is 6.42 Å². The fourth-order valence-electron chi connectivity index (χ4n) is 2.93. The van der Waals surface area contributed by atoms with E-state index in [4.69, 9.17) is 14.6 Å². The number of aliphatic carboxylic acids is 1. The van der Waals surface area contributed by atoms with E-state index < -0.39 is 5.97 Å². The Kier molecular flexibility index (Phi) is 15.5. The molecule has 0 bridgehead atoms. The average Bonchev–Trinajstić information content (AvgIpc) is 2.58. The van der Waals surface area contributed by atoms with Crippen LogP contribution >= 0.6 is 0 Å². The van der Waals surface area contributed by atoms with Gasteiger partial charge < -0.3 is 14.6 Å². The molecule has 0 aromatic heterocycles. The van der Waals surface area contributed by atoms with Gasteiger partial charge >= 0.3 is 5.97 Å². The highest BCUT2D eigenvalue weighted by Crippen LogP contribution is 2.17. The van der Waals surface area contributed by atoms with E-state index in [9.17, 15) is 4.79 Å². The van der Waals surface area contributed by atoms with E-state index in [1.54, 1.807) is 0 Å². The van der Waals surface area contributed by atoms with Crippen LogP contribution in [0.15, 0.2) is 0 Å². The Morgan fingerprint density at radius 2 is 1.25 bits per heavy atom. The van der Waals surface area contributed by atoms with Crippen molar-refractivity contribution in [3.05, 3.63) is 0 Å². The number of rotatable bonds is 17. The molecule has 0 atom stereocenters.